The number of likely N-dealkylation sites (tertiary alicyclic amines) is 3. The van der Waals surface area contributed by atoms with E-state index in [0.29, 0.717) is 101 Å². The molecule has 0 atom stereocenters. The fraction of sp³-hybridized carbons (Fsp3) is 0.329. The lowest BCUT2D eigenvalue weighted by Gasteiger charge is -2.58. The quantitative estimate of drug-likeness (QED) is 0.0365. The van der Waals surface area contributed by atoms with E-state index in [1.165, 1.54) is 12.2 Å². The molecule has 26 nitrogen and oxygen atoms in total. The molecule has 6 aliphatic rings. The minimum absolute atomic E-state index is 0.0190. The Labute approximate surface area is 582 Å². The lowest BCUT2D eigenvalue weighted by atomic mass is 9.60. The van der Waals surface area contributed by atoms with Gasteiger partial charge in [-0.05, 0) is 156 Å². The van der Waals surface area contributed by atoms with Crippen molar-refractivity contribution >= 4 is 64.5 Å². The maximum Gasteiger partial charge on any atom is 0.298 e. The summed E-state index contributed by atoms with van der Waals surface area (Å²) in [5, 5.41) is 14.4. The van der Waals surface area contributed by atoms with Crippen LogP contribution in [0.1, 0.15) is 121 Å². The van der Waals surface area contributed by atoms with Crippen LogP contribution in [0.2, 0.25) is 5.02 Å². The number of carbonyl (C=O) groups excluding carboxylic acids is 6. The van der Waals surface area contributed by atoms with Crippen LogP contribution in [-0.4, -0.2) is 135 Å². The normalized spacial score (nSPS) is 16.9. The van der Waals surface area contributed by atoms with Gasteiger partial charge >= 0.3 is 0 Å². The monoisotopic (exact) mass is 1370 g/mol. The Bertz CT molecular complexity index is 4550. The molecule has 8 aromatic rings. The highest BCUT2D eigenvalue weighted by Gasteiger charge is 2.55. The van der Waals surface area contributed by atoms with Crippen molar-refractivity contribution in [3.63, 3.8) is 0 Å². The van der Waals surface area contributed by atoms with Crippen molar-refractivity contribution in [1.82, 2.24) is 54.0 Å². The van der Waals surface area contributed by atoms with E-state index in [1.807, 2.05) is 84.3 Å². The lowest BCUT2D eigenvalue weighted by Crippen LogP contribution is -2.63. The number of anilines is 3. The Hall–Kier alpha value is -11.5. The average Bonchev–Trinajstić information content (AvgIpc) is 1.17. The van der Waals surface area contributed by atoms with Gasteiger partial charge in [0.2, 0.25) is 23.6 Å². The number of nitrogen functional groups attached to an aromatic ring is 3. The lowest BCUT2D eigenvalue weighted by molar-refractivity contribution is -0.148. The number of amides is 6. The number of nitrogens with zero attached hydrogens (tertiary/aromatic N) is 11. The van der Waals surface area contributed by atoms with Crippen molar-refractivity contribution < 1.29 is 43.0 Å². The van der Waals surface area contributed by atoms with Crippen LogP contribution >= 0.6 is 11.6 Å². The zero-order chi connectivity index (χ0) is 70.9. The molecule has 6 amide bonds. The highest BCUT2D eigenvalue weighted by Crippen LogP contribution is 2.57. The molecule has 516 valence electrons. The molecule has 8 heterocycles. The van der Waals surface area contributed by atoms with Crippen molar-refractivity contribution in [3.8, 4) is 74.6 Å². The summed E-state index contributed by atoms with van der Waals surface area (Å²) in [5.74, 6) is 6.65. The summed E-state index contributed by atoms with van der Waals surface area (Å²) in [7, 11) is 0. The van der Waals surface area contributed by atoms with Crippen molar-refractivity contribution in [1.29, 1.82) is 0 Å². The first-order valence-corrected chi connectivity index (χ1v) is 33.2. The number of rotatable bonds is 17. The van der Waals surface area contributed by atoms with Gasteiger partial charge in [-0.3, -0.25) is 28.8 Å². The summed E-state index contributed by atoms with van der Waals surface area (Å²) in [5.41, 5.74) is 39.8. The van der Waals surface area contributed by atoms with Gasteiger partial charge in [0.05, 0.1) is 29.3 Å². The van der Waals surface area contributed by atoms with Crippen LogP contribution in [0.4, 0.5) is 17.5 Å². The topological polar surface area (TPSA) is 375 Å². The van der Waals surface area contributed by atoms with E-state index in [1.54, 1.807) is 80.7 Å². The van der Waals surface area contributed by atoms with Gasteiger partial charge in [0, 0.05) is 85.9 Å². The third-order valence-electron chi connectivity index (χ3n) is 19.6. The first kappa shape index (κ1) is 68.5. The van der Waals surface area contributed by atoms with Crippen LogP contribution in [0, 0.1) is 28.1 Å². The number of nitrogens with two attached hydrogens (primary N) is 6. The summed E-state index contributed by atoms with van der Waals surface area (Å²) < 4.78 is 22.2. The number of benzene rings is 3. The molecule has 3 aliphatic heterocycles. The van der Waals surface area contributed by atoms with Crippen molar-refractivity contribution in [2.75, 3.05) is 56.5 Å². The number of hydrogen-bond acceptors (Lipinski definition) is 17. The Balaban J connectivity index is 0.000000142. The van der Waals surface area contributed by atoms with Gasteiger partial charge in [-0.25, -0.2) is 24.0 Å². The van der Waals surface area contributed by atoms with Crippen LogP contribution in [0.25, 0.3) is 33.8 Å². The molecule has 0 radical (unpaired) electrons. The minimum atomic E-state index is -0.641. The second-order valence-corrected chi connectivity index (χ2v) is 27.2. The third kappa shape index (κ3) is 13.8. The van der Waals surface area contributed by atoms with Gasteiger partial charge < -0.3 is 63.3 Å². The molecule has 3 aliphatic carbocycles. The van der Waals surface area contributed by atoms with Gasteiger partial charge in [0.15, 0.2) is 0 Å². The number of pyridine rings is 2. The predicted molar refractivity (Wildman–Crippen MR) is 376 cm³/mol. The van der Waals surface area contributed by atoms with E-state index < -0.39 is 17.7 Å². The second kappa shape index (κ2) is 27.8. The number of carbonyl (C=O) groups is 6. The highest BCUT2D eigenvalue weighted by atomic mass is 35.5. The number of primary amides is 3. The Kier molecular flexibility index (Phi) is 19.0. The van der Waals surface area contributed by atoms with Gasteiger partial charge in [0.25, 0.3) is 23.6 Å². The summed E-state index contributed by atoms with van der Waals surface area (Å²) >= 11 is 6.37. The largest absolute Gasteiger partial charge is 0.489 e. The number of para-hydroxylation sites is 2. The molecular weight excluding hydrogens is 1290 g/mol. The van der Waals surface area contributed by atoms with Gasteiger partial charge in [-0.2, -0.15) is 15.3 Å². The second-order valence-electron chi connectivity index (χ2n) is 26.8. The van der Waals surface area contributed by atoms with Crippen molar-refractivity contribution in [3.05, 3.63) is 163 Å². The number of hydrogen-bond donors (Lipinski definition) is 6. The smallest absolute Gasteiger partial charge is 0.298 e. The van der Waals surface area contributed by atoms with E-state index >= 15 is 0 Å². The highest BCUT2D eigenvalue weighted by molar-refractivity contribution is 6.32. The average molecular weight is 1370 g/mol. The number of aromatic nitrogens is 8. The van der Waals surface area contributed by atoms with Crippen LogP contribution in [0.5, 0.6) is 29.0 Å². The standard InChI is InChI=1S/C26H26N6O3.C25H26N6O3.C22H26ClN5O3/c1-2-6-21(33)31-12-11-26(16-31)13-18(14-26)32-24(27)22(25(28)34)23(30-32)17-9-10-20(29-15-17)35-19-7-4-3-5-8-19;1-2-20(32)30-11-10-25(15-30)12-17(13-25)31-23(26)21(24(27)33)22(29-31)16-8-9-19(28-14-16)34-18-6-4-3-5-7-18;1-4-17(29)27-10-22(11-27)8-14(9-22)28-20(24)18(21(25)30)19(26-28)13-5-6-16(15(23)7-13)31-12(2)3/h3-5,7-10,15,18H,11-14,16,27H2,1H3,(H2,28,34);2-9,14,17H,1,10-13,15,26H2,(H2,27,33);4-7,12,14H,1,8-11,24H2,2-3H3,(H2,25,30). The Morgan fingerprint density at radius 1 is 0.550 bits per heavy atom. The van der Waals surface area contributed by atoms with Gasteiger partial charge in [-0.15, -0.1) is 0 Å². The molecule has 100 heavy (non-hydrogen) atoms. The van der Waals surface area contributed by atoms with Gasteiger partial charge in [0.1, 0.15) is 68.5 Å². The molecule has 3 saturated heterocycles. The molecular formula is C73H78ClN17O9. The minimum Gasteiger partial charge on any atom is -0.489 e. The maximum absolute atomic E-state index is 12.3. The summed E-state index contributed by atoms with van der Waals surface area (Å²) in [4.78, 5) is 86.7. The fourth-order valence-electron chi connectivity index (χ4n) is 14.7. The van der Waals surface area contributed by atoms with Gasteiger partial charge in [-0.1, -0.05) is 67.1 Å². The van der Waals surface area contributed by atoms with Crippen LogP contribution in [-0.2, 0) is 14.4 Å². The molecule has 5 aromatic heterocycles. The number of ether oxygens (including phenoxy) is 3. The van der Waals surface area contributed by atoms with E-state index in [2.05, 4.69) is 50.3 Å². The van der Waals surface area contributed by atoms with E-state index in [4.69, 9.17) is 60.2 Å². The Morgan fingerprint density at radius 3 is 1.33 bits per heavy atom. The molecule has 0 bridgehead atoms. The van der Waals surface area contributed by atoms with E-state index in [0.717, 1.165) is 57.9 Å². The molecule has 3 spiro atoms. The fourth-order valence-corrected chi connectivity index (χ4v) is 15.0. The summed E-state index contributed by atoms with van der Waals surface area (Å²) in [6.07, 6.45) is 12.7. The molecule has 12 N–H and O–H groups in total. The zero-order valence-electron chi connectivity index (χ0n) is 55.7. The summed E-state index contributed by atoms with van der Waals surface area (Å²) in [6, 6.07) is 31.0. The van der Waals surface area contributed by atoms with Crippen LogP contribution < -0.4 is 48.6 Å². The zero-order valence-corrected chi connectivity index (χ0v) is 56.4. The van der Waals surface area contributed by atoms with E-state index in [-0.39, 0.29) is 92.3 Å². The maximum atomic E-state index is 12.3. The molecule has 0 unspecified atom stereocenters. The molecule has 14 rings (SSSR count). The SMILES string of the molecule is C=CC(=O)N1CC2(CC(n3nc(-c4ccc(OC(C)C)c(Cl)c4)c(C(N)=O)c3N)C2)C1.C=CC(=O)N1CCC2(CC(n3nc(-c4ccc(Oc5ccccc5)nc4)c(C(N)=O)c3N)C2)C1.CC#CC(=O)N1CCC2(CC(n3nc(-c4ccc(Oc5ccccc5)nc4)c(C(N)=O)c3N)C2)C1. The van der Waals surface area contributed by atoms with Crippen molar-refractivity contribution in [2.45, 2.75) is 96.4 Å². The first-order chi connectivity index (χ1) is 47.9. The molecule has 27 heteroatoms. The molecule has 3 aromatic carbocycles. The third-order valence-corrected chi connectivity index (χ3v) is 19.9. The first-order valence-electron chi connectivity index (χ1n) is 32.8. The predicted octanol–water partition coefficient (Wildman–Crippen LogP) is 9.17. The van der Waals surface area contributed by atoms with E-state index in [9.17, 15) is 28.8 Å². The molecule has 3 saturated carbocycles. The van der Waals surface area contributed by atoms with Crippen molar-refractivity contribution in [2.24, 2.45) is 33.4 Å². The van der Waals surface area contributed by atoms with Crippen LogP contribution in [0.3, 0.4) is 0 Å². The Morgan fingerprint density at radius 2 is 0.940 bits per heavy atom. The molecule has 6 fully saturated rings. The summed E-state index contributed by atoms with van der Waals surface area (Å²) in [6.45, 7) is 16.8. The van der Waals surface area contributed by atoms with Crippen LogP contribution in [0.15, 0.2) is 141 Å². The number of halogens is 1.